The average molecular weight is 816 g/mol. The van der Waals surface area contributed by atoms with Crippen molar-refractivity contribution in [2.45, 2.75) is 10.8 Å². The number of furan rings is 1. The van der Waals surface area contributed by atoms with Crippen LogP contribution in [0, 0.1) is 0 Å². The Morgan fingerprint density at radius 2 is 0.719 bits per heavy atom. The van der Waals surface area contributed by atoms with E-state index in [1.807, 2.05) is 6.07 Å². The zero-order valence-corrected chi connectivity index (χ0v) is 35.0. The quantitative estimate of drug-likeness (QED) is 0.159. The number of anilines is 3. The number of para-hydroxylation sites is 2. The third-order valence-electron chi connectivity index (χ3n) is 14.0. The maximum Gasteiger partial charge on any atom is 0.159 e. The highest BCUT2D eigenvalue weighted by Crippen LogP contribution is 2.59. The molecule has 0 atom stereocenters. The second-order valence-electron chi connectivity index (χ2n) is 17.1. The fraction of sp³-hybridized carbons (Fsp3) is 0.0323. The lowest BCUT2D eigenvalue weighted by atomic mass is 9.67. The number of rotatable bonds is 7. The summed E-state index contributed by atoms with van der Waals surface area (Å²) in [6.07, 6.45) is 0. The van der Waals surface area contributed by atoms with Gasteiger partial charge in [-0.15, -0.1) is 0 Å². The summed E-state index contributed by atoms with van der Waals surface area (Å²) in [5.41, 5.74) is 18.9. The molecule has 1 heterocycles. The van der Waals surface area contributed by atoms with Gasteiger partial charge in [-0.3, -0.25) is 0 Å². The molecule has 0 unspecified atom stereocenters. The summed E-state index contributed by atoms with van der Waals surface area (Å²) in [6.45, 7) is 0. The smallest absolute Gasteiger partial charge is 0.159 e. The van der Waals surface area contributed by atoms with Crippen molar-refractivity contribution in [1.82, 2.24) is 0 Å². The molecule has 13 rings (SSSR count). The number of fused-ring (bicyclic) bond motifs is 9. The monoisotopic (exact) mass is 815 g/mol. The Hall–Kier alpha value is -8.20. The summed E-state index contributed by atoms with van der Waals surface area (Å²) in [5.74, 6) is 0. The first-order chi connectivity index (χ1) is 31.8. The van der Waals surface area contributed by atoms with Crippen LogP contribution in [0.5, 0.6) is 0 Å². The molecule has 2 heteroatoms. The molecule has 10 aromatic carbocycles. The Kier molecular flexibility index (Phi) is 8.07. The molecule has 0 fully saturated rings. The predicted octanol–water partition coefficient (Wildman–Crippen LogP) is 15.8. The number of hydrogen-bond donors (Lipinski definition) is 0. The van der Waals surface area contributed by atoms with Crippen LogP contribution in [0.1, 0.15) is 44.5 Å². The molecular weight excluding hydrogens is 775 g/mol. The minimum atomic E-state index is -0.545. The molecule has 0 amide bonds. The highest BCUT2D eigenvalue weighted by molar-refractivity contribution is 6.10. The Balaban J connectivity index is 1.07. The maximum absolute atomic E-state index is 6.85. The van der Waals surface area contributed by atoms with Gasteiger partial charge in [-0.1, -0.05) is 212 Å². The van der Waals surface area contributed by atoms with Crippen LogP contribution in [0.3, 0.4) is 0 Å². The topological polar surface area (TPSA) is 16.4 Å². The number of nitrogens with zero attached hydrogens (tertiary/aromatic N) is 1. The molecular formula is C62H41NO. The first-order valence-corrected chi connectivity index (χ1v) is 22.2. The second-order valence-corrected chi connectivity index (χ2v) is 17.1. The molecule has 2 aliphatic carbocycles. The van der Waals surface area contributed by atoms with Gasteiger partial charge in [0, 0.05) is 22.1 Å². The molecule has 0 N–H and O–H groups in total. The Morgan fingerprint density at radius 3 is 1.28 bits per heavy atom. The van der Waals surface area contributed by atoms with Crippen LogP contribution in [0.2, 0.25) is 0 Å². The van der Waals surface area contributed by atoms with E-state index in [1.54, 1.807) is 0 Å². The van der Waals surface area contributed by atoms with Gasteiger partial charge in [0.15, 0.2) is 5.58 Å². The third kappa shape index (κ3) is 5.02. The molecule has 300 valence electrons. The summed E-state index contributed by atoms with van der Waals surface area (Å²) >= 11 is 0. The molecule has 0 saturated heterocycles. The molecule has 64 heavy (non-hydrogen) atoms. The normalized spacial score (nSPS) is 13.9. The average Bonchev–Trinajstić information content (AvgIpc) is 4.01. The van der Waals surface area contributed by atoms with Crippen LogP contribution in [0.4, 0.5) is 17.1 Å². The molecule has 0 radical (unpaired) electrons. The zero-order chi connectivity index (χ0) is 42.2. The minimum Gasteiger partial charge on any atom is -0.454 e. The van der Waals surface area contributed by atoms with Crippen molar-refractivity contribution >= 4 is 39.0 Å². The molecule has 0 saturated carbocycles. The van der Waals surface area contributed by atoms with Crippen molar-refractivity contribution < 1.29 is 4.42 Å². The molecule has 1 aromatic heterocycles. The molecule has 2 nitrogen and oxygen atoms in total. The van der Waals surface area contributed by atoms with E-state index in [1.165, 1.54) is 66.8 Å². The van der Waals surface area contributed by atoms with Crippen LogP contribution in [-0.4, -0.2) is 0 Å². The van der Waals surface area contributed by atoms with Crippen molar-refractivity contribution in [2.75, 3.05) is 4.90 Å². The standard InChI is InChI=1S/C62H41NO/c1-4-19-42(20-5-1)61(54-30-14-10-25-48(54)49-26-11-15-31-55(49)61)45-35-37-46(38-36-45)63(58-33-18-29-53-52-28-13-17-34-59(52)64-60(53)58)47-39-40-51-50-27-12-16-32-56(50)62(57(51)41-47,43-21-6-2-7-22-43)44-23-8-3-9-24-44/h1-41H. The summed E-state index contributed by atoms with van der Waals surface area (Å²) in [4.78, 5) is 2.41. The Labute approximate surface area is 373 Å². The second kappa shape index (κ2) is 14.2. The first kappa shape index (κ1) is 36.5. The van der Waals surface area contributed by atoms with E-state index in [0.717, 1.165) is 39.0 Å². The van der Waals surface area contributed by atoms with Crippen molar-refractivity contribution in [3.63, 3.8) is 0 Å². The summed E-state index contributed by atoms with van der Waals surface area (Å²) < 4.78 is 6.85. The highest BCUT2D eigenvalue weighted by atomic mass is 16.3. The number of benzene rings is 10. The molecule has 0 spiro atoms. The summed E-state index contributed by atoms with van der Waals surface area (Å²) in [5, 5.41) is 2.20. The fourth-order valence-corrected chi connectivity index (χ4v) is 11.5. The van der Waals surface area contributed by atoms with Crippen molar-refractivity contribution in [3.8, 4) is 22.3 Å². The molecule has 0 aliphatic heterocycles. The van der Waals surface area contributed by atoms with Crippen molar-refractivity contribution in [2.24, 2.45) is 0 Å². The van der Waals surface area contributed by atoms with Gasteiger partial charge in [0.25, 0.3) is 0 Å². The zero-order valence-electron chi connectivity index (χ0n) is 35.0. The van der Waals surface area contributed by atoms with Gasteiger partial charge >= 0.3 is 0 Å². The molecule has 11 aromatic rings. The molecule has 2 aliphatic rings. The van der Waals surface area contributed by atoms with Gasteiger partial charge in [0.2, 0.25) is 0 Å². The van der Waals surface area contributed by atoms with Crippen molar-refractivity contribution in [1.29, 1.82) is 0 Å². The van der Waals surface area contributed by atoms with E-state index in [4.69, 9.17) is 4.42 Å². The van der Waals surface area contributed by atoms with Gasteiger partial charge in [0.05, 0.1) is 16.5 Å². The SMILES string of the molecule is c1ccc(C2(c3ccc(N(c4ccc5c(c4)C(c4ccccc4)(c4ccccc4)c4ccccc4-5)c4cccc5c4oc4ccccc45)cc3)c3ccccc3-c3ccccc32)cc1. The van der Waals surface area contributed by atoms with Gasteiger partial charge < -0.3 is 9.32 Å². The van der Waals surface area contributed by atoms with E-state index in [2.05, 4.69) is 248 Å². The lowest BCUT2D eigenvalue weighted by Crippen LogP contribution is -2.29. The van der Waals surface area contributed by atoms with E-state index in [9.17, 15) is 0 Å². The van der Waals surface area contributed by atoms with Crippen LogP contribution in [-0.2, 0) is 10.8 Å². The fourth-order valence-electron chi connectivity index (χ4n) is 11.5. The number of hydrogen-bond acceptors (Lipinski definition) is 2. The first-order valence-electron chi connectivity index (χ1n) is 22.2. The predicted molar refractivity (Wildman–Crippen MR) is 263 cm³/mol. The van der Waals surface area contributed by atoms with Gasteiger partial charge in [0.1, 0.15) is 5.58 Å². The molecule has 0 bridgehead atoms. The Morgan fingerprint density at radius 1 is 0.297 bits per heavy atom. The van der Waals surface area contributed by atoms with E-state index in [0.29, 0.717) is 0 Å². The highest BCUT2D eigenvalue weighted by Gasteiger charge is 2.47. The van der Waals surface area contributed by atoms with E-state index >= 15 is 0 Å². The van der Waals surface area contributed by atoms with Gasteiger partial charge in [-0.05, 0) is 103 Å². The van der Waals surface area contributed by atoms with Crippen LogP contribution in [0.15, 0.2) is 253 Å². The lowest BCUT2D eigenvalue weighted by molar-refractivity contribution is 0.669. The van der Waals surface area contributed by atoms with Gasteiger partial charge in [-0.2, -0.15) is 0 Å². The van der Waals surface area contributed by atoms with E-state index in [-0.39, 0.29) is 0 Å². The van der Waals surface area contributed by atoms with Crippen molar-refractivity contribution in [3.05, 3.63) is 293 Å². The van der Waals surface area contributed by atoms with Crippen LogP contribution >= 0.6 is 0 Å². The largest absolute Gasteiger partial charge is 0.454 e. The van der Waals surface area contributed by atoms with Crippen LogP contribution in [0.25, 0.3) is 44.2 Å². The van der Waals surface area contributed by atoms with Crippen LogP contribution < -0.4 is 4.90 Å². The third-order valence-corrected chi connectivity index (χ3v) is 14.0. The summed E-state index contributed by atoms with van der Waals surface area (Å²) in [6, 6.07) is 91.3. The summed E-state index contributed by atoms with van der Waals surface area (Å²) in [7, 11) is 0. The Bertz CT molecular complexity index is 3470. The maximum atomic E-state index is 6.85. The minimum absolute atomic E-state index is 0.499. The lowest BCUT2D eigenvalue weighted by Gasteiger charge is -2.35. The van der Waals surface area contributed by atoms with E-state index < -0.39 is 10.8 Å². The van der Waals surface area contributed by atoms with Gasteiger partial charge in [-0.25, -0.2) is 0 Å².